The van der Waals surface area contributed by atoms with Crippen LogP contribution in [0.5, 0.6) is 0 Å². The number of carbonyl (C=O) groups excluding carboxylic acids is 1. The van der Waals surface area contributed by atoms with Crippen LogP contribution in [0, 0.1) is 37.0 Å². The number of nitrogens with zero attached hydrogens (tertiary/aromatic N) is 4. The van der Waals surface area contributed by atoms with Crippen molar-refractivity contribution in [2.24, 2.45) is 11.8 Å². The number of sulfonamides is 1. The summed E-state index contributed by atoms with van der Waals surface area (Å²) in [6.45, 7) is 8.65. The number of hydrogen-bond acceptors (Lipinski definition) is 6. The fraction of sp³-hybridized carbons (Fsp3) is 0.455. The summed E-state index contributed by atoms with van der Waals surface area (Å²) >= 11 is 0. The summed E-state index contributed by atoms with van der Waals surface area (Å²) in [7, 11) is -3.63. The minimum absolute atomic E-state index is 0.150. The molecule has 158 valence electrons. The van der Waals surface area contributed by atoms with Gasteiger partial charge in [-0.1, -0.05) is 26.0 Å². The molecule has 8 heteroatoms. The third kappa shape index (κ3) is 4.58. The smallest absolute Gasteiger partial charge is 0.243 e. The summed E-state index contributed by atoms with van der Waals surface area (Å²) in [6, 6.07) is 9.53. The van der Waals surface area contributed by atoms with Gasteiger partial charge in [-0.15, -0.1) is 0 Å². The lowest BCUT2D eigenvalue weighted by Gasteiger charge is -2.34. The number of ketones is 1. The second-order valence-electron chi connectivity index (χ2n) is 8.23. The molecule has 0 amide bonds. The molecule has 0 aliphatic carbocycles. The molecule has 3 atom stereocenters. The fourth-order valence-electron chi connectivity index (χ4n) is 4.02. The molecule has 7 nitrogen and oxygen atoms in total. The van der Waals surface area contributed by atoms with E-state index in [2.05, 4.69) is 23.8 Å². The topological polar surface area (TPSA) is 104 Å². The Morgan fingerprint density at radius 2 is 1.63 bits per heavy atom. The lowest BCUT2D eigenvalue weighted by atomic mass is 9.94. The summed E-state index contributed by atoms with van der Waals surface area (Å²) in [5, 5.41) is 9.54. The van der Waals surface area contributed by atoms with E-state index < -0.39 is 21.7 Å². The van der Waals surface area contributed by atoms with Crippen LogP contribution in [0.2, 0.25) is 0 Å². The van der Waals surface area contributed by atoms with E-state index in [1.165, 1.54) is 28.6 Å². The summed E-state index contributed by atoms with van der Waals surface area (Å²) < 4.78 is 27.5. The monoisotopic (exact) mass is 426 g/mol. The number of nitriles is 1. The number of Topliss-reactive ketones (excluding diaryl/α,β-unsaturated/α-hetero) is 1. The maximum absolute atomic E-state index is 13.0. The molecular formula is C22H26N4O3S. The molecule has 1 aromatic heterocycles. The molecule has 1 fully saturated rings. The molecule has 0 spiro atoms. The van der Waals surface area contributed by atoms with Crippen LogP contribution in [-0.4, -0.2) is 41.6 Å². The van der Waals surface area contributed by atoms with Crippen LogP contribution in [0.4, 0.5) is 0 Å². The highest BCUT2D eigenvalue weighted by molar-refractivity contribution is 7.89. The molecule has 1 aliphatic rings. The number of rotatable bonds is 5. The van der Waals surface area contributed by atoms with Gasteiger partial charge < -0.3 is 0 Å². The highest BCUT2D eigenvalue weighted by Gasteiger charge is 2.32. The maximum Gasteiger partial charge on any atom is 0.243 e. The van der Waals surface area contributed by atoms with Crippen molar-refractivity contribution in [3.8, 4) is 6.07 Å². The van der Waals surface area contributed by atoms with Crippen molar-refractivity contribution < 1.29 is 13.2 Å². The van der Waals surface area contributed by atoms with Gasteiger partial charge in [0.2, 0.25) is 10.0 Å². The van der Waals surface area contributed by atoms with Crippen molar-refractivity contribution >= 4 is 15.8 Å². The Morgan fingerprint density at radius 3 is 2.13 bits per heavy atom. The predicted molar refractivity (Wildman–Crippen MR) is 112 cm³/mol. The Balaban J connectivity index is 1.85. The van der Waals surface area contributed by atoms with E-state index >= 15 is 0 Å². The molecule has 1 saturated heterocycles. The Labute approximate surface area is 177 Å². The van der Waals surface area contributed by atoms with Crippen LogP contribution >= 0.6 is 0 Å². The van der Waals surface area contributed by atoms with Gasteiger partial charge in [0.25, 0.3) is 0 Å². The van der Waals surface area contributed by atoms with Gasteiger partial charge in [0.1, 0.15) is 0 Å². The summed E-state index contributed by atoms with van der Waals surface area (Å²) in [5.74, 6) is -0.827. The summed E-state index contributed by atoms with van der Waals surface area (Å²) in [5.41, 5.74) is 1.61. The minimum Gasteiger partial charge on any atom is -0.292 e. The van der Waals surface area contributed by atoms with Crippen molar-refractivity contribution in [1.82, 2.24) is 14.3 Å². The molecule has 0 N–H and O–H groups in total. The molecular weight excluding hydrogens is 400 g/mol. The van der Waals surface area contributed by atoms with Gasteiger partial charge in [-0.3, -0.25) is 4.79 Å². The number of piperidine rings is 1. The molecule has 30 heavy (non-hydrogen) atoms. The summed E-state index contributed by atoms with van der Waals surface area (Å²) in [6.07, 6.45) is 1.01. The Bertz CT molecular complexity index is 1060. The van der Waals surface area contributed by atoms with Crippen molar-refractivity contribution in [3.05, 3.63) is 53.1 Å². The molecule has 1 aliphatic heterocycles. The average Bonchev–Trinajstić information content (AvgIpc) is 2.67. The molecule has 3 rings (SSSR count). The highest BCUT2D eigenvalue weighted by atomic mass is 32.2. The van der Waals surface area contributed by atoms with Crippen LogP contribution in [0.15, 0.2) is 35.2 Å². The molecule has 1 aromatic carbocycles. The second-order valence-corrected chi connectivity index (χ2v) is 10.2. The van der Waals surface area contributed by atoms with Gasteiger partial charge >= 0.3 is 0 Å². The zero-order valence-corrected chi connectivity index (χ0v) is 18.5. The SMILES string of the molecule is Cc1cc(C)nc(C(C#N)C(=O)c2ccc(S(=O)(=O)N3CC(C)CC(C)C3)cc2)n1. The van der Waals surface area contributed by atoms with Crippen LogP contribution < -0.4 is 0 Å². The van der Waals surface area contributed by atoms with Crippen LogP contribution in [0.1, 0.15) is 53.8 Å². The Morgan fingerprint density at radius 1 is 1.10 bits per heavy atom. The van der Waals surface area contributed by atoms with E-state index in [1.54, 1.807) is 19.9 Å². The van der Waals surface area contributed by atoms with E-state index in [1.807, 2.05) is 6.07 Å². The normalized spacial score (nSPS) is 21.0. The fourth-order valence-corrected chi connectivity index (χ4v) is 5.70. The standard InChI is InChI=1S/C22H26N4O3S/c1-14-9-15(2)13-26(12-14)30(28,29)19-7-5-18(6-8-19)21(27)20(11-23)22-24-16(3)10-17(4)25-22/h5-8,10,14-15,20H,9,12-13H2,1-4H3. The zero-order chi connectivity index (χ0) is 22.1. The van der Waals surface area contributed by atoms with Gasteiger partial charge in [0.15, 0.2) is 17.5 Å². The van der Waals surface area contributed by atoms with Crippen molar-refractivity contribution in [2.45, 2.75) is 44.9 Å². The average molecular weight is 427 g/mol. The Hall–Kier alpha value is -2.63. The lowest BCUT2D eigenvalue weighted by molar-refractivity contribution is 0.0976. The van der Waals surface area contributed by atoms with Gasteiger partial charge in [0.05, 0.1) is 11.0 Å². The van der Waals surface area contributed by atoms with E-state index in [9.17, 15) is 18.5 Å². The van der Waals surface area contributed by atoms with Crippen LogP contribution in [-0.2, 0) is 10.0 Å². The van der Waals surface area contributed by atoms with Gasteiger partial charge in [-0.2, -0.15) is 9.57 Å². The first-order chi connectivity index (χ1) is 14.1. The molecule has 0 bridgehead atoms. The Kier molecular flexibility index (Phi) is 6.34. The van der Waals surface area contributed by atoms with Gasteiger partial charge in [-0.05, 0) is 50.3 Å². The third-order valence-corrected chi connectivity index (χ3v) is 7.11. The maximum atomic E-state index is 13.0. The van der Waals surface area contributed by atoms with E-state index in [4.69, 9.17) is 0 Å². The van der Waals surface area contributed by atoms with E-state index in [0.29, 0.717) is 36.3 Å². The quantitative estimate of drug-likeness (QED) is 0.680. The van der Waals surface area contributed by atoms with E-state index in [-0.39, 0.29) is 16.3 Å². The summed E-state index contributed by atoms with van der Waals surface area (Å²) in [4.78, 5) is 21.5. The number of aromatic nitrogens is 2. The van der Waals surface area contributed by atoms with Crippen molar-refractivity contribution in [2.75, 3.05) is 13.1 Å². The minimum atomic E-state index is -3.63. The first-order valence-electron chi connectivity index (χ1n) is 9.98. The number of aryl methyl sites for hydroxylation is 2. The number of hydrogen-bond donors (Lipinski definition) is 0. The molecule has 2 heterocycles. The third-order valence-electron chi connectivity index (χ3n) is 5.26. The van der Waals surface area contributed by atoms with E-state index in [0.717, 1.165) is 6.42 Å². The van der Waals surface area contributed by atoms with Gasteiger partial charge in [-0.25, -0.2) is 18.4 Å². The number of carbonyl (C=O) groups is 1. The molecule has 3 unspecified atom stereocenters. The lowest BCUT2D eigenvalue weighted by Crippen LogP contribution is -2.42. The number of benzene rings is 1. The molecule has 2 aromatic rings. The first-order valence-corrected chi connectivity index (χ1v) is 11.4. The highest BCUT2D eigenvalue weighted by Crippen LogP contribution is 2.27. The van der Waals surface area contributed by atoms with Crippen molar-refractivity contribution in [3.63, 3.8) is 0 Å². The molecule has 0 saturated carbocycles. The van der Waals surface area contributed by atoms with Gasteiger partial charge in [0, 0.05) is 30.0 Å². The predicted octanol–water partition coefficient (Wildman–Crippen LogP) is 3.25. The largest absolute Gasteiger partial charge is 0.292 e. The van der Waals surface area contributed by atoms with Crippen molar-refractivity contribution in [1.29, 1.82) is 5.26 Å². The van der Waals surface area contributed by atoms with Crippen LogP contribution in [0.25, 0.3) is 0 Å². The zero-order valence-electron chi connectivity index (χ0n) is 17.7. The molecule has 0 radical (unpaired) electrons. The first kappa shape index (κ1) is 22.1. The van der Waals surface area contributed by atoms with Crippen LogP contribution in [0.3, 0.4) is 0 Å². The second kappa shape index (κ2) is 8.62.